The van der Waals surface area contributed by atoms with E-state index >= 15 is 0 Å². The number of nitrogens with zero attached hydrogens (tertiary/aromatic N) is 1. The third-order valence-corrected chi connectivity index (χ3v) is 5.31. The fourth-order valence-corrected chi connectivity index (χ4v) is 3.68. The number of allylic oxidation sites excluding steroid dienone is 1. The summed E-state index contributed by atoms with van der Waals surface area (Å²) in [5.41, 5.74) is 1.90. The number of hydrogen-bond donors (Lipinski definition) is 0. The Balaban J connectivity index is 1.95. The largest absolute Gasteiger partial charge is 0.493 e. The maximum atomic E-state index is 13.9. The van der Waals surface area contributed by atoms with Gasteiger partial charge in [0.2, 0.25) is 0 Å². The summed E-state index contributed by atoms with van der Waals surface area (Å²) >= 11 is 0.887. The van der Waals surface area contributed by atoms with Gasteiger partial charge in [0.05, 0.1) is 12.0 Å². The van der Waals surface area contributed by atoms with Crippen LogP contribution < -0.4 is 9.47 Å². The lowest BCUT2D eigenvalue weighted by Gasteiger charge is -2.16. The minimum absolute atomic E-state index is 0.0429. The van der Waals surface area contributed by atoms with Gasteiger partial charge in [-0.1, -0.05) is 24.3 Å². The van der Waals surface area contributed by atoms with Crippen LogP contribution in [0.4, 0.5) is 9.18 Å². The van der Waals surface area contributed by atoms with E-state index in [2.05, 4.69) is 6.58 Å². The molecule has 0 spiro atoms. The smallest absolute Gasteiger partial charge is 0.293 e. The van der Waals surface area contributed by atoms with Gasteiger partial charge in [0.15, 0.2) is 11.5 Å². The van der Waals surface area contributed by atoms with Crippen LogP contribution in [0.5, 0.6) is 11.5 Å². The van der Waals surface area contributed by atoms with Crippen LogP contribution in [0.25, 0.3) is 6.08 Å². The fourth-order valence-electron chi connectivity index (χ4n) is 2.85. The predicted molar refractivity (Wildman–Crippen MR) is 111 cm³/mol. The summed E-state index contributed by atoms with van der Waals surface area (Å²) in [6.07, 6.45) is 3.85. The van der Waals surface area contributed by atoms with Crippen LogP contribution in [0.2, 0.25) is 0 Å². The van der Waals surface area contributed by atoms with Crippen molar-refractivity contribution in [2.75, 3.05) is 14.2 Å². The number of thioether (sulfide) groups is 1. The van der Waals surface area contributed by atoms with E-state index in [0.717, 1.165) is 22.2 Å². The van der Waals surface area contributed by atoms with Crippen molar-refractivity contribution in [2.24, 2.45) is 0 Å². The number of carbonyl (C=O) groups excluding carboxylic acids is 2. The number of amides is 2. The Morgan fingerprint density at radius 3 is 2.59 bits per heavy atom. The molecular formula is C22H20FNO4S. The van der Waals surface area contributed by atoms with Crippen LogP contribution in [0.3, 0.4) is 0 Å². The molecule has 0 N–H and O–H groups in total. The highest BCUT2D eigenvalue weighted by Crippen LogP contribution is 2.37. The minimum Gasteiger partial charge on any atom is -0.493 e. The quantitative estimate of drug-likeness (QED) is 0.482. The molecule has 1 aliphatic heterocycles. The van der Waals surface area contributed by atoms with Crippen LogP contribution in [-0.2, 0) is 17.8 Å². The first-order chi connectivity index (χ1) is 13.9. The SMILES string of the molecule is C=CCc1cc(/C=C2\SC(=O)N(C)C2=O)cc(OC)c1OCc1ccccc1F. The minimum atomic E-state index is -0.344. The summed E-state index contributed by atoms with van der Waals surface area (Å²) in [5.74, 6) is 0.242. The zero-order chi connectivity index (χ0) is 21.0. The maximum absolute atomic E-state index is 13.9. The molecule has 5 nitrogen and oxygen atoms in total. The number of hydrogen-bond acceptors (Lipinski definition) is 5. The Labute approximate surface area is 172 Å². The van der Waals surface area contributed by atoms with Gasteiger partial charge in [-0.3, -0.25) is 14.5 Å². The van der Waals surface area contributed by atoms with E-state index in [9.17, 15) is 14.0 Å². The zero-order valence-corrected chi connectivity index (χ0v) is 16.9. The lowest BCUT2D eigenvalue weighted by atomic mass is 10.0. The van der Waals surface area contributed by atoms with Crippen molar-refractivity contribution in [3.8, 4) is 11.5 Å². The Morgan fingerprint density at radius 1 is 1.21 bits per heavy atom. The van der Waals surface area contributed by atoms with Gasteiger partial charge in [-0.25, -0.2) is 4.39 Å². The maximum Gasteiger partial charge on any atom is 0.293 e. The zero-order valence-electron chi connectivity index (χ0n) is 16.1. The van der Waals surface area contributed by atoms with Crippen molar-refractivity contribution in [1.82, 2.24) is 4.90 Å². The monoisotopic (exact) mass is 413 g/mol. The molecule has 0 bridgehead atoms. The summed E-state index contributed by atoms with van der Waals surface area (Å²) in [7, 11) is 2.95. The average molecular weight is 413 g/mol. The molecule has 1 aliphatic rings. The van der Waals surface area contributed by atoms with Crippen LogP contribution in [-0.4, -0.2) is 30.2 Å². The van der Waals surface area contributed by atoms with Crippen LogP contribution in [0, 0.1) is 5.82 Å². The van der Waals surface area contributed by atoms with Crippen molar-refractivity contribution in [3.63, 3.8) is 0 Å². The van der Waals surface area contributed by atoms with Gasteiger partial charge in [-0.15, -0.1) is 6.58 Å². The fraction of sp³-hybridized carbons (Fsp3) is 0.182. The number of methoxy groups -OCH3 is 1. The summed E-state index contributed by atoms with van der Waals surface area (Å²) < 4.78 is 25.3. The molecule has 0 radical (unpaired) electrons. The molecule has 2 amide bonds. The second-order valence-corrected chi connectivity index (χ2v) is 7.32. The number of ether oxygens (including phenoxy) is 2. The van der Waals surface area contributed by atoms with Crippen molar-refractivity contribution in [3.05, 3.63) is 76.5 Å². The molecule has 1 heterocycles. The average Bonchev–Trinajstić information content (AvgIpc) is 2.95. The summed E-state index contributed by atoms with van der Waals surface area (Å²) in [4.78, 5) is 25.3. The van der Waals surface area contributed by atoms with Crippen molar-refractivity contribution < 1.29 is 23.5 Å². The molecule has 0 saturated carbocycles. The van der Waals surface area contributed by atoms with E-state index < -0.39 is 0 Å². The summed E-state index contributed by atoms with van der Waals surface area (Å²) in [6.45, 7) is 3.81. The number of benzene rings is 2. The first-order valence-electron chi connectivity index (χ1n) is 8.84. The molecule has 1 saturated heterocycles. The molecular weight excluding hydrogens is 393 g/mol. The molecule has 2 aromatic rings. The molecule has 150 valence electrons. The molecule has 29 heavy (non-hydrogen) atoms. The van der Waals surface area contributed by atoms with Crippen LogP contribution in [0.15, 0.2) is 54.0 Å². The Kier molecular flexibility index (Phi) is 6.39. The number of carbonyl (C=O) groups is 2. The topological polar surface area (TPSA) is 55.8 Å². The molecule has 2 aromatic carbocycles. The van der Waals surface area contributed by atoms with Gasteiger partial charge >= 0.3 is 0 Å². The van der Waals surface area contributed by atoms with Gasteiger partial charge in [0.1, 0.15) is 12.4 Å². The second-order valence-electron chi connectivity index (χ2n) is 6.33. The van der Waals surface area contributed by atoms with Gasteiger partial charge in [0, 0.05) is 18.2 Å². The first-order valence-corrected chi connectivity index (χ1v) is 9.65. The van der Waals surface area contributed by atoms with Crippen molar-refractivity contribution in [2.45, 2.75) is 13.0 Å². The van der Waals surface area contributed by atoms with Crippen molar-refractivity contribution in [1.29, 1.82) is 0 Å². The van der Waals surface area contributed by atoms with Gasteiger partial charge in [-0.05, 0) is 48.0 Å². The van der Waals surface area contributed by atoms with Gasteiger partial charge < -0.3 is 9.47 Å². The number of rotatable bonds is 7. The van der Waals surface area contributed by atoms with Gasteiger partial charge in [0.25, 0.3) is 11.1 Å². The highest BCUT2D eigenvalue weighted by Gasteiger charge is 2.31. The highest BCUT2D eigenvalue weighted by atomic mass is 32.2. The number of halogens is 1. The Bertz CT molecular complexity index is 1000. The molecule has 1 fully saturated rings. The van der Waals surface area contributed by atoms with Gasteiger partial charge in [-0.2, -0.15) is 0 Å². The third kappa shape index (κ3) is 4.51. The molecule has 0 aromatic heterocycles. The predicted octanol–water partition coefficient (Wildman–Crippen LogP) is 4.81. The van der Waals surface area contributed by atoms with E-state index in [1.807, 2.05) is 6.07 Å². The Morgan fingerprint density at radius 2 is 1.97 bits per heavy atom. The standard InChI is InChI=1S/C22H20FNO4S/c1-4-7-15-10-14(12-19-21(25)24(2)22(26)29-19)11-18(27-3)20(15)28-13-16-8-5-6-9-17(16)23/h4-6,8-12H,1,7,13H2,2-3H3/b19-12-. The van der Waals surface area contributed by atoms with E-state index in [1.54, 1.807) is 36.4 Å². The molecule has 7 heteroatoms. The van der Waals surface area contributed by atoms with Crippen LogP contribution >= 0.6 is 11.8 Å². The summed E-state index contributed by atoms with van der Waals surface area (Å²) in [6, 6.07) is 9.95. The first kappa shape index (κ1) is 20.7. The van der Waals surface area contributed by atoms with E-state index in [4.69, 9.17) is 9.47 Å². The molecule has 0 unspecified atom stereocenters. The molecule has 3 rings (SSSR count). The highest BCUT2D eigenvalue weighted by molar-refractivity contribution is 8.18. The van der Waals surface area contributed by atoms with E-state index in [1.165, 1.54) is 20.2 Å². The third-order valence-electron chi connectivity index (χ3n) is 4.35. The lowest BCUT2D eigenvalue weighted by molar-refractivity contribution is -0.121. The van der Waals surface area contributed by atoms with Crippen molar-refractivity contribution >= 4 is 29.0 Å². The van der Waals surface area contributed by atoms with E-state index in [0.29, 0.717) is 34.0 Å². The lowest BCUT2D eigenvalue weighted by Crippen LogP contribution is -2.22. The second kappa shape index (κ2) is 8.96. The number of imide groups is 1. The normalized spacial score (nSPS) is 15.1. The van der Waals surface area contributed by atoms with E-state index in [-0.39, 0.29) is 23.6 Å². The molecule has 0 atom stereocenters. The number of likely N-dealkylation sites (N-methyl/N-ethyl adjacent to an activating group) is 1. The summed E-state index contributed by atoms with van der Waals surface area (Å²) in [5, 5.41) is -0.315. The molecule has 0 aliphatic carbocycles. The Hall–Kier alpha value is -3.06. The van der Waals surface area contributed by atoms with Crippen LogP contribution in [0.1, 0.15) is 16.7 Å².